The molecule has 0 saturated carbocycles. The molecule has 0 bridgehead atoms. The Morgan fingerprint density at radius 1 is 0.695 bits per heavy atom. The largest absolute Gasteiger partial charge is 0.493 e. The number of amides is 6. The van der Waals surface area contributed by atoms with E-state index in [1.807, 2.05) is 30.3 Å². The van der Waals surface area contributed by atoms with Gasteiger partial charge in [-0.2, -0.15) is 0 Å². The third kappa shape index (κ3) is 15.9. The van der Waals surface area contributed by atoms with Gasteiger partial charge in [-0.3, -0.25) is 15.0 Å². The Balaban J connectivity index is 1.83. The number of carbonyl (C=O) groups is 4. The predicted molar refractivity (Wildman–Crippen MR) is 221 cm³/mol. The van der Waals surface area contributed by atoms with Crippen LogP contribution in [0.4, 0.5) is 9.59 Å². The minimum Gasteiger partial charge on any atom is -0.493 e. The molecule has 0 spiro atoms. The first-order chi connectivity index (χ1) is 28.3. The van der Waals surface area contributed by atoms with Crippen LogP contribution in [0.3, 0.4) is 0 Å². The first-order valence-corrected chi connectivity index (χ1v) is 19.6. The minimum absolute atomic E-state index is 0.0140. The van der Waals surface area contributed by atoms with E-state index in [4.69, 9.17) is 24.4 Å². The third-order valence-electron chi connectivity index (χ3n) is 9.22. The minimum atomic E-state index is -1.16. The van der Waals surface area contributed by atoms with Gasteiger partial charge in [0.1, 0.15) is 24.4 Å². The molecule has 4 unspecified atom stereocenters. The van der Waals surface area contributed by atoms with E-state index in [1.165, 1.54) is 0 Å². The van der Waals surface area contributed by atoms with Gasteiger partial charge >= 0.3 is 12.1 Å². The molecule has 324 valence electrons. The molecule has 0 radical (unpaired) electrons. The molecule has 0 aliphatic rings. The predicted octanol–water partition coefficient (Wildman–Crippen LogP) is 2.36. The Morgan fingerprint density at radius 3 is 1.80 bits per heavy atom. The fourth-order valence-corrected chi connectivity index (χ4v) is 6.00. The summed E-state index contributed by atoms with van der Waals surface area (Å²) in [5, 5.41) is 44.8. The zero-order chi connectivity index (χ0) is 43.3. The van der Waals surface area contributed by atoms with Crippen LogP contribution in [0.15, 0.2) is 72.8 Å². The first kappa shape index (κ1) is 47.8. The summed E-state index contributed by atoms with van der Waals surface area (Å²) in [6.07, 6.45) is -1.09. The zero-order valence-corrected chi connectivity index (χ0v) is 34.7. The van der Waals surface area contributed by atoms with Gasteiger partial charge in [0, 0.05) is 26.2 Å². The number of methoxy groups -OCH3 is 2. The second-order valence-electron chi connectivity index (χ2n) is 14.5. The Morgan fingerprint density at radius 2 is 1.25 bits per heavy atom. The van der Waals surface area contributed by atoms with Crippen molar-refractivity contribution in [1.82, 2.24) is 37.0 Å². The normalized spacial score (nSPS) is 13.2. The molecule has 0 heterocycles. The summed E-state index contributed by atoms with van der Waals surface area (Å²) in [6.45, 7) is 7.21. The van der Waals surface area contributed by atoms with Gasteiger partial charge in [0.05, 0.1) is 39.6 Å². The van der Waals surface area contributed by atoms with Crippen LogP contribution in [0.1, 0.15) is 56.8 Å². The summed E-state index contributed by atoms with van der Waals surface area (Å²) in [5.41, 5.74) is 5.21. The average molecular weight is 824 g/mol. The number of hydrazine groups is 1. The lowest BCUT2D eigenvalue weighted by molar-refractivity contribution is -0.129. The molecular formula is C42H61N7O10. The fourth-order valence-electron chi connectivity index (χ4n) is 6.00. The fraction of sp³-hybridized carbons (Fsp3) is 0.476. The van der Waals surface area contributed by atoms with Crippen LogP contribution in [0, 0.1) is 11.8 Å². The molecule has 0 fully saturated rings. The topological polar surface area (TPSA) is 232 Å². The number of ether oxygens (including phenoxy) is 3. The quantitative estimate of drug-likeness (QED) is 0.0596. The summed E-state index contributed by atoms with van der Waals surface area (Å²) in [5.74, 6) is 0.164. The van der Waals surface area contributed by atoms with E-state index in [0.717, 1.165) is 11.1 Å². The number of hydrogen-bond acceptors (Lipinski definition) is 11. The highest BCUT2D eigenvalue weighted by atomic mass is 16.5. The summed E-state index contributed by atoms with van der Waals surface area (Å²) in [4.78, 5) is 52.3. The van der Waals surface area contributed by atoms with Crippen molar-refractivity contribution in [3.8, 4) is 17.2 Å². The monoisotopic (exact) mass is 823 g/mol. The van der Waals surface area contributed by atoms with Crippen molar-refractivity contribution in [2.45, 2.75) is 71.5 Å². The van der Waals surface area contributed by atoms with Crippen LogP contribution in [-0.2, 0) is 22.7 Å². The number of benzene rings is 3. The van der Waals surface area contributed by atoms with Gasteiger partial charge in [0.2, 0.25) is 5.91 Å². The van der Waals surface area contributed by atoms with Crippen molar-refractivity contribution in [3.05, 3.63) is 89.5 Å². The van der Waals surface area contributed by atoms with Crippen LogP contribution >= 0.6 is 0 Å². The second-order valence-corrected chi connectivity index (χ2v) is 14.5. The van der Waals surface area contributed by atoms with Gasteiger partial charge in [-0.1, -0.05) is 76.2 Å². The van der Waals surface area contributed by atoms with Gasteiger partial charge in [0.15, 0.2) is 11.5 Å². The molecule has 0 saturated heterocycles. The van der Waals surface area contributed by atoms with E-state index in [2.05, 4.69) is 32.0 Å². The number of aliphatic hydroxyl groups is 3. The molecule has 0 aromatic heterocycles. The molecule has 9 N–H and O–H groups in total. The molecule has 0 aliphatic carbocycles. The highest BCUT2D eigenvalue weighted by Crippen LogP contribution is 2.28. The summed E-state index contributed by atoms with van der Waals surface area (Å²) in [7, 11) is 3.13. The van der Waals surface area contributed by atoms with E-state index in [0.29, 0.717) is 22.8 Å². The Labute approximate surface area is 346 Å². The highest BCUT2D eigenvalue weighted by molar-refractivity contribution is 5.88. The molecule has 59 heavy (non-hydrogen) atoms. The average Bonchev–Trinajstić information content (AvgIpc) is 3.23. The number of urea groups is 2. The number of aliphatic hydroxyl groups excluding tert-OH is 3. The van der Waals surface area contributed by atoms with E-state index in [-0.39, 0.29) is 64.3 Å². The van der Waals surface area contributed by atoms with E-state index in [1.54, 1.807) is 89.4 Å². The van der Waals surface area contributed by atoms with Gasteiger partial charge in [-0.05, 0) is 59.2 Å². The number of rotatable bonds is 24. The molecule has 0 aliphatic heterocycles. The van der Waals surface area contributed by atoms with Crippen molar-refractivity contribution >= 4 is 23.9 Å². The van der Waals surface area contributed by atoms with E-state index >= 15 is 0 Å². The lowest BCUT2D eigenvalue weighted by Gasteiger charge is -2.31. The smallest absolute Gasteiger partial charge is 0.315 e. The van der Waals surface area contributed by atoms with Crippen LogP contribution in [0.25, 0.3) is 0 Å². The van der Waals surface area contributed by atoms with Crippen molar-refractivity contribution in [3.63, 3.8) is 0 Å². The van der Waals surface area contributed by atoms with Crippen LogP contribution < -0.4 is 46.2 Å². The first-order valence-electron chi connectivity index (χ1n) is 19.6. The number of carbonyl (C=O) groups excluding carboxylic acids is 4. The van der Waals surface area contributed by atoms with Crippen molar-refractivity contribution in [1.29, 1.82) is 0 Å². The van der Waals surface area contributed by atoms with Crippen molar-refractivity contribution in [2.24, 2.45) is 11.8 Å². The van der Waals surface area contributed by atoms with Crippen LogP contribution in [0.5, 0.6) is 17.2 Å². The summed E-state index contributed by atoms with van der Waals surface area (Å²) >= 11 is 0. The molecule has 6 amide bonds. The number of nitrogens with zero attached hydrogens (tertiary/aromatic N) is 1. The van der Waals surface area contributed by atoms with Gasteiger partial charge in [-0.15, -0.1) is 0 Å². The number of hydrogen-bond donors (Lipinski definition) is 9. The van der Waals surface area contributed by atoms with Crippen LogP contribution in [-0.4, -0.2) is 109 Å². The van der Waals surface area contributed by atoms with Crippen LogP contribution in [0.2, 0.25) is 0 Å². The van der Waals surface area contributed by atoms with Gasteiger partial charge in [-0.25, -0.2) is 14.6 Å². The SMILES string of the molecule is COc1ccc(COc2ccc(CN(CCC(O)C(NC(=O)C(NC(=O)NCCO)C(C)C)c3ccccc3)NC(=O)C(NC(=O)NCCO)C(C)C)cc2)cc1OC. The standard InChI is InChI=1S/C42H61N7O10/c1-27(2)36(46-41(55)43-19-22-50)39(53)45-38(31-10-8-7-9-11-31)33(52)18-21-49(48-40(54)37(28(3)4)47-42(56)44-20-23-51)25-29-12-15-32(16-13-29)59-26-30-14-17-34(57-5)35(24-30)58-6/h7-17,24,27-28,33,36-38,50-52H,18-23,25-26H2,1-6H3,(H,45,53)(H,48,54)(H2,43,46,55)(H2,44,47,56). The second kappa shape index (κ2) is 25.0. The molecule has 17 heteroatoms. The Kier molecular flexibility index (Phi) is 20.2. The zero-order valence-electron chi connectivity index (χ0n) is 34.7. The van der Waals surface area contributed by atoms with Gasteiger partial charge < -0.3 is 56.1 Å². The maximum atomic E-state index is 13.7. The van der Waals surface area contributed by atoms with Gasteiger partial charge in [0.25, 0.3) is 5.91 Å². The maximum absolute atomic E-state index is 13.7. The summed E-state index contributed by atoms with van der Waals surface area (Å²) < 4.78 is 16.7. The van der Waals surface area contributed by atoms with Crippen molar-refractivity contribution in [2.75, 3.05) is 47.1 Å². The maximum Gasteiger partial charge on any atom is 0.315 e. The molecule has 17 nitrogen and oxygen atoms in total. The Hall–Kier alpha value is -5.62. The lowest BCUT2D eigenvalue weighted by atomic mass is 9.97. The molecule has 3 aromatic rings. The van der Waals surface area contributed by atoms with Crippen molar-refractivity contribution < 1.29 is 48.7 Å². The molecule has 4 atom stereocenters. The molecule has 3 aromatic carbocycles. The lowest BCUT2D eigenvalue weighted by Crippen LogP contribution is -2.56. The number of nitrogens with one attached hydrogen (secondary N) is 6. The third-order valence-corrected chi connectivity index (χ3v) is 9.22. The highest BCUT2D eigenvalue weighted by Gasteiger charge is 2.31. The molecular weight excluding hydrogens is 763 g/mol. The molecule has 3 rings (SSSR count). The summed E-state index contributed by atoms with van der Waals surface area (Å²) in [6, 6.07) is 17.7. The van der Waals surface area contributed by atoms with E-state index in [9.17, 15) is 24.3 Å². The Bertz CT molecular complexity index is 1750. The van der Waals surface area contributed by atoms with E-state index < -0.39 is 48.1 Å².